The predicted octanol–water partition coefficient (Wildman–Crippen LogP) is 10.1. The Balaban J connectivity index is 1.38. The largest absolute Gasteiger partial charge is 0.472 e. The van der Waals surface area contributed by atoms with Gasteiger partial charge in [-0.05, 0) is 25.7 Å². The van der Waals surface area contributed by atoms with E-state index in [2.05, 4.69) is 28.8 Å². The van der Waals surface area contributed by atoms with E-state index >= 15 is 0 Å². The van der Waals surface area contributed by atoms with Gasteiger partial charge >= 0.3 is 19.8 Å². The minimum absolute atomic E-state index is 0.203. The molecule has 1 unspecified atom stereocenters. The van der Waals surface area contributed by atoms with Gasteiger partial charge < -0.3 is 24.8 Å². The number of aromatic nitrogens is 4. The number of ether oxygens (including phenoxy) is 3. The zero-order valence-electron chi connectivity index (χ0n) is 34.4. The SMILES string of the molecule is CCCCCCCCCCCCCC(=O)OC[C@@H](COP(=O)(O)OC[C@@H]1CC[C@H](n2cnc3c(N)ncnc32)O1)OC(=O)CCCCCCCCCCCCC. The first kappa shape index (κ1) is 47.7. The van der Waals surface area contributed by atoms with Crippen molar-refractivity contribution in [3.8, 4) is 0 Å². The van der Waals surface area contributed by atoms with Crippen LogP contribution in [0.2, 0.25) is 0 Å². The molecule has 0 saturated carbocycles. The van der Waals surface area contributed by atoms with Gasteiger partial charge in [-0.2, -0.15) is 0 Å². The highest BCUT2D eigenvalue weighted by molar-refractivity contribution is 7.47. The van der Waals surface area contributed by atoms with E-state index in [1.807, 2.05) is 0 Å². The third-order valence-electron chi connectivity index (χ3n) is 10.3. The number of carbonyl (C=O) groups excluding carboxylic acids is 2. The lowest BCUT2D eigenvalue weighted by Crippen LogP contribution is -2.29. The molecule has 320 valence electrons. The summed E-state index contributed by atoms with van der Waals surface area (Å²) < 4.78 is 42.3. The van der Waals surface area contributed by atoms with Gasteiger partial charge in [0.25, 0.3) is 0 Å². The Morgan fingerprint density at radius 1 is 0.768 bits per heavy atom. The summed E-state index contributed by atoms with van der Waals surface area (Å²) in [7, 11) is -4.57. The van der Waals surface area contributed by atoms with Crippen LogP contribution < -0.4 is 5.73 Å². The molecular weight excluding hydrogens is 737 g/mol. The second-order valence-corrected chi connectivity index (χ2v) is 16.8. The molecule has 2 aromatic rings. The zero-order chi connectivity index (χ0) is 40.3. The molecule has 3 heterocycles. The number of imidazole rings is 1. The molecule has 56 heavy (non-hydrogen) atoms. The molecule has 4 atom stereocenters. The van der Waals surface area contributed by atoms with E-state index in [4.69, 9.17) is 29.0 Å². The second kappa shape index (κ2) is 28.7. The molecule has 0 spiro atoms. The lowest BCUT2D eigenvalue weighted by molar-refractivity contribution is -0.161. The van der Waals surface area contributed by atoms with Gasteiger partial charge in [0.2, 0.25) is 0 Å². The number of nitrogens with two attached hydrogens (primary N) is 1. The summed E-state index contributed by atoms with van der Waals surface area (Å²) in [6, 6.07) is 0. The van der Waals surface area contributed by atoms with Crippen LogP contribution in [0.4, 0.5) is 5.82 Å². The second-order valence-electron chi connectivity index (χ2n) is 15.3. The van der Waals surface area contributed by atoms with E-state index in [-0.39, 0.29) is 31.9 Å². The van der Waals surface area contributed by atoms with E-state index in [9.17, 15) is 19.0 Å². The topological polar surface area (TPSA) is 187 Å². The van der Waals surface area contributed by atoms with Crippen molar-refractivity contribution in [3.63, 3.8) is 0 Å². The maximum atomic E-state index is 12.9. The molecule has 0 aliphatic carbocycles. The average Bonchev–Trinajstić information content (AvgIpc) is 3.84. The summed E-state index contributed by atoms with van der Waals surface area (Å²) in [6.45, 7) is 3.51. The van der Waals surface area contributed by atoms with Crippen LogP contribution in [0.15, 0.2) is 12.7 Å². The minimum Gasteiger partial charge on any atom is -0.462 e. The molecular formula is C41H72N5O9P. The van der Waals surface area contributed by atoms with E-state index < -0.39 is 44.8 Å². The van der Waals surface area contributed by atoms with Crippen molar-refractivity contribution < 1.29 is 42.3 Å². The summed E-state index contributed by atoms with van der Waals surface area (Å²) >= 11 is 0. The Hall–Kier alpha value is -2.64. The van der Waals surface area contributed by atoms with Crippen molar-refractivity contribution in [2.75, 3.05) is 25.6 Å². The van der Waals surface area contributed by atoms with Crippen molar-refractivity contribution >= 4 is 36.7 Å². The number of phosphoric acid groups is 1. The molecule has 2 aromatic heterocycles. The molecule has 14 nitrogen and oxygen atoms in total. The van der Waals surface area contributed by atoms with Crippen LogP contribution in [0.5, 0.6) is 0 Å². The van der Waals surface area contributed by atoms with Gasteiger partial charge in [0, 0.05) is 12.8 Å². The molecule has 1 fully saturated rings. The molecule has 1 saturated heterocycles. The van der Waals surface area contributed by atoms with Crippen molar-refractivity contribution in [2.24, 2.45) is 0 Å². The first-order chi connectivity index (χ1) is 27.2. The number of fused-ring (bicyclic) bond motifs is 1. The summed E-state index contributed by atoms with van der Waals surface area (Å²) in [6.07, 6.45) is 28.3. The number of phosphoric ester groups is 1. The number of hydrogen-bond donors (Lipinski definition) is 2. The molecule has 0 amide bonds. The van der Waals surface area contributed by atoms with Crippen LogP contribution >= 0.6 is 7.82 Å². The molecule has 0 radical (unpaired) electrons. The third kappa shape index (κ3) is 20.2. The molecule has 3 N–H and O–H groups in total. The Morgan fingerprint density at radius 3 is 1.88 bits per heavy atom. The van der Waals surface area contributed by atoms with Crippen LogP contribution in [0, 0.1) is 0 Å². The predicted molar refractivity (Wildman–Crippen MR) is 218 cm³/mol. The number of nitrogen functional groups attached to an aromatic ring is 1. The lowest BCUT2D eigenvalue weighted by Gasteiger charge is -2.21. The molecule has 15 heteroatoms. The summed E-state index contributed by atoms with van der Waals surface area (Å²) in [5, 5.41) is 0. The summed E-state index contributed by atoms with van der Waals surface area (Å²) in [4.78, 5) is 48.3. The minimum atomic E-state index is -4.57. The maximum Gasteiger partial charge on any atom is 0.472 e. The normalized spacial score (nSPS) is 17.3. The highest BCUT2D eigenvalue weighted by Crippen LogP contribution is 2.44. The highest BCUT2D eigenvalue weighted by Gasteiger charge is 2.32. The van der Waals surface area contributed by atoms with E-state index in [1.165, 1.54) is 103 Å². The molecule has 1 aliphatic rings. The Labute approximate surface area is 335 Å². The summed E-state index contributed by atoms with van der Waals surface area (Å²) in [5.74, 6) is -0.597. The fraction of sp³-hybridized carbons (Fsp3) is 0.829. The highest BCUT2D eigenvalue weighted by atomic mass is 31.2. The molecule has 1 aliphatic heterocycles. The van der Waals surface area contributed by atoms with Crippen LogP contribution in [-0.4, -0.2) is 68.4 Å². The monoisotopic (exact) mass is 810 g/mol. The van der Waals surface area contributed by atoms with Gasteiger partial charge in [0.1, 0.15) is 24.7 Å². The van der Waals surface area contributed by atoms with Gasteiger partial charge in [-0.15, -0.1) is 0 Å². The first-order valence-corrected chi connectivity index (χ1v) is 23.3. The van der Waals surface area contributed by atoms with Crippen molar-refractivity contribution in [1.29, 1.82) is 0 Å². The average molecular weight is 810 g/mol. The molecule has 0 bridgehead atoms. The lowest BCUT2D eigenvalue weighted by atomic mass is 10.1. The van der Waals surface area contributed by atoms with E-state index in [0.29, 0.717) is 30.4 Å². The summed E-state index contributed by atoms with van der Waals surface area (Å²) in [5.41, 5.74) is 6.90. The molecule has 3 rings (SSSR count). The molecule has 0 aromatic carbocycles. The smallest absolute Gasteiger partial charge is 0.462 e. The number of rotatable bonds is 34. The van der Waals surface area contributed by atoms with Crippen LogP contribution in [-0.2, 0) is 37.4 Å². The van der Waals surface area contributed by atoms with Crippen molar-refractivity contribution in [3.05, 3.63) is 12.7 Å². The number of anilines is 1. The number of esters is 2. The van der Waals surface area contributed by atoms with Crippen molar-refractivity contribution in [1.82, 2.24) is 19.5 Å². The fourth-order valence-electron chi connectivity index (χ4n) is 6.97. The first-order valence-electron chi connectivity index (χ1n) is 21.8. The van der Waals surface area contributed by atoms with Gasteiger partial charge in [0.05, 0.1) is 25.6 Å². The number of carbonyl (C=O) groups is 2. The van der Waals surface area contributed by atoms with Gasteiger partial charge in [-0.3, -0.25) is 23.2 Å². The number of nitrogens with zero attached hydrogens (tertiary/aromatic N) is 4. The van der Waals surface area contributed by atoms with Crippen molar-refractivity contribution in [2.45, 2.75) is 199 Å². The third-order valence-corrected chi connectivity index (χ3v) is 11.3. The van der Waals surface area contributed by atoms with E-state index in [1.54, 1.807) is 10.9 Å². The Bertz CT molecular complexity index is 1410. The van der Waals surface area contributed by atoms with Gasteiger partial charge in [-0.1, -0.05) is 142 Å². The quantitative estimate of drug-likeness (QED) is 0.0387. The number of hydrogen-bond acceptors (Lipinski definition) is 12. The van der Waals surface area contributed by atoms with Crippen LogP contribution in [0.3, 0.4) is 0 Å². The zero-order valence-corrected chi connectivity index (χ0v) is 35.3. The Morgan fingerprint density at radius 2 is 1.30 bits per heavy atom. The number of unbranched alkanes of at least 4 members (excludes halogenated alkanes) is 20. The maximum absolute atomic E-state index is 12.9. The van der Waals surface area contributed by atoms with Gasteiger partial charge in [0.15, 0.2) is 17.6 Å². The Kier molecular flexibility index (Phi) is 24.5. The standard InChI is InChI=1S/C41H72N5O9P/c1-3-5-7-9-11-13-15-17-19-21-23-25-37(47)51-29-35(55-38(48)26-24-22-20-18-16-14-12-10-8-6-4-2)31-53-56(49,50)52-30-34-27-28-36(54-34)46-33-45-39-40(42)43-32-44-41(39)46/h32-36H,3-31H2,1-2H3,(H,49,50)(H2,42,43,44)/t34-,35-,36+/m0/s1. The van der Waals surface area contributed by atoms with E-state index in [0.717, 1.165) is 38.5 Å². The fourth-order valence-corrected chi connectivity index (χ4v) is 7.76. The van der Waals surface area contributed by atoms with Gasteiger partial charge in [-0.25, -0.2) is 19.5 Å². The van der Waals surface area contributed by atoms with Crippen LogP contribution in [0.1, 0.15) is 187 Å². The van der Waals surface area contributed by atoms with Crippen LogP contribution in [0.25, 0.3) is 11.2 Å².